The largest absolute Gasteiger partial charge is 0.379 e. The topological polar surface area (TPSA) is 134 Å². The highest BCUT2D eigenvalue weighted by molar-refractivity contribution is 6.38. The van der Waals surface area contributed by atoms with Gasteiger partial charge in [-0.15, -0.1) is 6.58 Å². The first-order valence-electron chi connectivity index (χ1n) is 12.7. The Bertz CT molecular complexity index is 838. The number of amides is 4. The fourth-order valence-electron chi connectivity index (χ4n) is 4.66. The van der Waals surface area contributed by atoms with Crippen LogP contribution < -0.4 is 16.0 Å². The van der Waals surface area contributed by atoms with Crippen LogP contribution in [0.3, 0.4) is 0 Å². The molecule has 3 N–H and O–H groups in total. The maximum atomic E-state index is 13.4. The Morgan fingerprint density at radius 3 is 2.58 bits per heavy atom. The number of hydrogen-bond acceptors (Lipinski definition) is 6. The normalized spacial score (nSPS) is 26.2. The number of fused-ring (bicyclic) bond motifs is 1. The Morgan fingerprint density at radius 1 is 1.17 bits per heavy atom. The van der Waals surface area contributed by atoms with E-state index in [9.17, 15) is 24.0 Å². The molecule has 0 aromatic heterocycles. The molecular weight excluding hydrogens is 464 g/mol. The van der Waals surface area contributed by atoms with Crippen LogP contribution in [0.25, 0.3) is 0 Å². The number of ether oxygens (including phenoxy) is 1. The molecule has 4 amide bonds. The van der Waals surface area contributed by atoms with Crippen molar-refractivity contribution >= 4 is 29.9 Å². The van der Waals surface area contributed by atoms with Crippen LogP contribution in [0, 0.1) is 5.92 Å². The van der Waals surface area contributed by atoms with Gasteiger partial charge >= 0.3 is 0 Å². The molecule has 0 spiro atoms. The summed E-state index contributed by atoms with van der Waals surface area (Å²) in [5.41, 5.74) is 1.06. The number of ketones is 1. The predicted octanol–water partition coefficient (Wildman–Crippen LogP) is 1.01. The second-order valence-electron chi connectivity index (χ2n) is 9.64. The van der Waals surface area contributed by atoms with Crippen molar-refractivity contribution in [3.05, 3.63) is 24.3 Å². The lowest BCUT2D eigenvalue weighted by Crippen LogP contribution is -2.56. The number of carbonyl (C=O) groups excluding carboxylic acids is 5. The van der Waals surface area contributed by atoms with Crippen LogP contribution in [0.1, 0.15) is 58.8 Å². The van der Waals surface area contributed by atoms with Crippen LogP contribution in [-0.4, -0.2) is 79.2 Å². The van der Waals surface area contributed by atoms with Crippen molar-refractivity contribution in [3.8, 4) is 0 Å². The maximum absolute atomic E-state index is 13.4. The highest BCUT2D eigenvalue weighted by Crippen LogP contribution is 2.27. The van der Waals surface area contributed by atoms with E-state index in [1.807, 2.05) is 19.9 Å². The highest BCUT2D eigenvalue weighted by Gasteiger charge is 2.42. The molecule has 2 aliphatic rings. The Kier molecular flexibility index (Phi) is 12.3. The fraction of sp³-hybridized carbons (Fsp3) is 0.654. The highest BCUT2D eigenvalue weighted by atomic mass is 16.5. The molecule has 0 aliphatic carbocycles. The minimum atomic E-state index is -0.984. The Hall–Kier alpha value is -3.01. The van der Waals surface area contributed by atoms with Gasteiger partial charge in [-0.3, -0.25) is 24.0 Å². The fourth-order valence-corrected chi connectivity index (χ4v) is 4.66. The number of nitrogens with one attached hydrogen (secondary N) is 3. The minimum absolute atomic E-state index is 0.0142. The first-order valence-corrected chi connectivity index (χ1v) is 12.7. The zero-order chi connectivity index (χ0) is 26.5. The molecule has 0 bridgehead atoms. The van der Waals surface area contributed by atoms with Gasteiger partial charge < -0.3 is 25.6 Å². The van der Waals surface area contributed by atoms with E-state index in [1.54, 1.807) is 0 Å². The van der Waals surface area contributed by atoms with Gasteiger partial charge in [0.25, 0.3) is 5.91 Å². The maximum Gasteiger partial charge on any atom is 0.289 e. The second kappa shape index (κ2) is 15.2. The summed E-state index contributed by atoms with van der Waals surface area (Å²) < 4.78 is 5.67. The first kappa shape index (κ1) is 29.2. The molecular formula is C26H40N4O6. The van der Waals surface area contributed by atoms with Gasteiger partial charge in [0.2, 0.25) is 24.0 Å². The number of allylic oxidation sites excluding steroid dienone is 1. The summed E-state index contributed by atoms with van der Waals surface area (Å²) in [6.07, 6.45) is 8.79. The Balaban J connectivity index is 2.32. The Morgan fingerprint density at radius 2 is 1.89 bits per heavy atom. The lowest BCUT2D eigenvalue weighted by Gasteiger charge is -2.29. The van der Waals surface area contributed by atoms with Crippen LogP contribution >= 0.6 is 0 Å². The summed E-state index contributed by atoms with van der Waals surface area (Å²) in [6, 6.07) is -2.74. The van der Waals surface area contributed by atoms with Crippen LogP contribution in [0.15, 0.2) is 24.3 Å². The Labute approximate surface area is 213 Å². The van der Waals surface area contributed by atoms with Crippen LogP contribution in [0.4, 0.5) is 0 Å². The van der Waals surface area contributed by atoms with Crippen molar-refractivity contribution in [2.24, 2.45) is 5.92 Å². The molecule has 0 aromatic carbocycles. The quantitative estimate of drug-likeness (QED) is 0.269. The monoisotopic (exact) mass is 504 g/mol. The first-order chi connectivity index (χ1) is 17.3. The molecule has 36 heavy (non-hydrogen) atoms. The summed E-state index contributed by atoms with van der Waals surface area (Å²) in [5, 5.41) is 7.76. The van der Waals surface area contributed by atoms with Gasteiger partial charge in [0.1, 0.15) is 12.1 Å². The molecule has 2 rings (SSSR count). The number of rotatable bonds is 7. The van der Waals surface area contributed by atoms with Gasteiger partial charge in [0.15, 0.2) is 0 Å². The zero-order valence-corrected chi connectivity index (χ0v) is 21.4. The molecule has 4 atom stereocenters. The number of nitrogens with zero attached hydrogens (tertiary/aromatic N) is 1. The third-order valence-corrected chi connectivity index (χ3v) is 6.39. The van der Waals surface area contributed by atoms with Crippen molar-refractivity contribution < 1.29 is 28.7 Å². The van der Waals surface area contributed by atoms with Crippen LogP contribution in [0.2, 0.25) is 0 Å². The summed E-state index contributed by atoms with van der Waals surface area (Å²) in [4.78, 5) is 64.7. The molecule has 2 saturated heterocycles. The molecule has 0 aromatic rings. The van der Waals surface area contributed by atoms with Crippen molar-refractivity contribution in [2.75, 3.05) is 26.3 Å². The summed E-state index contributed by atoms with van der Waals surface area (Å²) in [5.74, 6) is -2.44. The standard InChI is InChI=1S/C26H40N4O6/c1-4-11-27-25(34)23(32)20-10-8-6-5-7-9-12-36-16-21(28-17-31)26(35)30-15-19(13-18(2)3)14-22(30)24(33)29-20/h4,13,17,19-22H,1,5-12,14-16H2,2-3H3,(H,27,34)(H,28,31)(H,29,33)/t19-,20+,21+,22+/m1/s1. The summed E-state index contributed by atoms with van der Waals surface area (Å²) in [6.45, 7) is 8.35. The smallest absolute Gasteiger partial charge is 0.289 e. The van der Waals surface area contributed by atoms with Gasteiger partial charge in [-0.1, -0.05) is 43.4 Å². The average molecular weight is 505 g/mol. The molecule has 200 valence electrons. The number of Topliss-reactive ketones (excluding diaryl/α,β-unsaturated/α-hetero) is 1. The van der Waals surface area contributed by atoms with Crippen molar-refractivity contribution in [2.45, 2.75) is 76.9 Å². The lowest BCUT2D eigenvalue weighted by atomic mass is 10.00. The van der Waals surface area contributed by atoms with Gasteiger partial charge in [0.05, 0.1) is 12.6 Å². The van der Waals surface area contributed by atoms with Crippen molar-refractivity contribution in [3.63, 3.8) is 0 Å². The van der Waals surface area contributed by atoms with E-state index in [-0.39, 0.29) is 19.1 Å². The van der Waals surface area contributed by atoms with Gasteiger partial charge in [-0.05, 0) is 39.0 Å². The van der Waals surface area contributed by atoms with Gasteiger partial charge in [-0.25, -0.2) is 0 Å². The average Bonchev–Trinajstić information content (AvgIpc) is 3.26. The molecule has 2 aliphatic heterocycles. The van der Waals surface area contributed by atoms with E-state index in [2.05, 4.69) is 22.5 Å². The van der Waals surface area contributed by atoms with Gasteiger partial charge in [-0.2, -0.15) is 0 Å². The number of hydrogen-bond donors (Lipinski definition) is 3. The van der Waals surface area contributed by atoms with E-state index in [0.717, 1.165) is 31.3 Å². The van der Waals surface area contributed by atoms with E-state index in [1.165, 1.54) is 11.0 Å². The van der Waals surface area contributed by atoms with Crippen molar-refractivity contribution in [1.82, 2.24) is 20.9 Å². The molecule has 0 unspecified atom stereocenters. The SMILES string of the molecule is C=CCNC(=O)C(=O)[C@@H]1CCCCCCCOC[C@H](NC=O)C(=O)N2C[C@H](C=C(C)C)C[C@H]2C(=O)N1. The van der Waals surface area contributed by atoms with E-state index < -0.39 is 41.6 Å². The van der Waals surface area contributed by atoms with E-state index in [0.29, 0.717) is 38.8 Å². The molecule has 10 heteroatoms. The van der Waals surface area contributed by atoms with Crippen LogP contribution in [-0.2, 0) is 28.7 Å². The van der Waals surface area contributed by atoms with E-state index >= 15 is 0 Å². The number of carbonyl (C=O) groups is 5. The second-order valence-corrected chi connectivity index (χ2v) is 9.64. The minimum Gasteiger partial charge on any atom is -0.379 e. The molecule has 10 nitrogen and oxygen atoms in total. The molecule has 2 heterocycles. The van der Waals surface area contributed by atoms with E-state index in [4.69, 9.17) is 4.74 Å². The molecule has 0 saturated carbocycles. The lowest BCUT2D eigenvalue weighted by molar-refractivity contribution is -0.143. The summed E-state index contributed by atoms with van der Waals surface area (Å²) >= 11 is 0. The summed E-state index contributed by atoms with van der Waals surface area (Å²) in [7, 11) is 0. The van der Waals surface area contributed by atoms with Crippen LogP contribution in [0.5, 0.6) is 0 Å². The molecule has 2 fully saturated rings. The van der Waals surface area contributed by atoms with Gasteiger partial charge in [0, 0.05) is 19.7 Å². The van der Waals surface area contributed by atoms with Crippen molar-refractivity contribution in [1.29, 1.82) is 0 Å². The molecule has 0 radical (unpaired) electrons. The predicted molar refractivity (Wildman–Crippen MR) is 135 cm³/mol. The third kappa shape index (κ3) is 8.89. The third-order valence-electron chi connectivity index (χ3n) is 6.39. The zero-order valence-electron chi connectivity index (χ0n) is 21.4.